The highest BCUT2D eigenvalue weighted by Gasteiger charge is 2.09. The fourth-order valence-corrected chi connectivity index (χ4v) is 1.16. The molecule has 1 aromatic rings. The molecule has 0 fully saturated rings. The minimum Gasteiger partial charge on any atom is -0.493 e. The van der Waals surface area contributed by atoms with Crippen molar-refractivity contribution in [3.05, 3.63) is 29.6 Å². The Hall–Kier alpha value is -2.04. The van der Waals surface area contributed by atoms with Crippen molar-refractivity contribution in [2.45, 2.75) is 0 Å². The van der Waals surface area contributed by atoms with Crippen LogP contribution in [0.2, 0.25) is 0 Å². The number of methoxy groups -OCH3 is 2. The first kappa shape index (κ1) is 12.0. The monoisotopic (exact) mass is 226 g/mol. The van der Waals surface area contributed by atoms with Crippen molar-refractivity contribution in [3.8, 4) is 11.5 Å². The first-order valence-corrected chi connectivity index (χ1v) is 4.41. The third kappa shape index (κ3) is 2.73. The average Bonchev–Trinajstić information content (AvgIpc) is 2.26. The molecule has 0 aliphatic rings. The van der Waals surface area contributed by atoms with Gasteiger partial charge in [-0.2, -0.15) is 0 Å². The zero-order chi connectivity index (χ0) is 12.1. The largest absolute Gasteiger partial charge is 0.493 e. The predicted molar refractivity (Wildman–Crippen MR) is 56.2 cm³/mol. The molecule has 5 heteroatoms. The van der Waals surface area contributed by atoms with Gasteiger partial charge in [-0.3, -0.25) is 0 Å². The summed E-state index contributed by atoms with van der Waals surface area (Å²) >= 11 is 0. The summed E-state index contributed by atoms with van der Waals surface area (Å²) in [5, 5.41) is 8.43. The topological polar surface area (TPSA) is 55.8 Å². The molecular weight excluding hydrogens is 215 g/mol. The van der Waals surface area contributed by atoms with Crippen LogP contribution in [0.1, 0.15) is 5.56 Å². The van der Waals surface area contributed by atoms with E-state index in [0.29, 0.717) is 5.75 Å². The van der Waals surface area contributed by atoms with Gasteiger partial charge in [0.2, 0.25) is 0 Å². The lowest BCUT2D eigenvalue weighted by Gasteiger charge is -2.08. The minimum absolute atomic E-state index is 0.125. The van der Waals surface area contributed by atoms with E-state index in [4.69, 9.17) is 14.6 Å². The number of aliphatic carboxylic acids is 1. The molecule has 16 heavy (non-hydrogen) atoms. The highest BCUT2D eigenvalue weighted by molar-refractivity contribution is 5.85. The third-order valence-corrected chi connectivity index (χ3v) is 1.91. The van der Waals surface area contributed by atoms with E-state index in [1.54, 1.807) is 0 Å². The Labute approximate surface area is 91.9 Å². The second-order valence-corrected chi connectivity index (χ2v) is 2.90. The lowest BCUT2D eigenvalue weighted by Crippen LogP contribution is -1.94. The van der Waals surface area contributed by atoms with Crippen molar-refractivity contribution in [1.82, 2.24) is 0 Å². The Morgan fingerprint density at radius 1 is 1.31 bits per heavy atom. The van der Waals surface area contributed by atoms with Gasteiger partial charge in [0.1, 0.15) is 5.82 Å². The molecule has 0 amide bonds. The molecular formula is C11H11FO4. The number of hydrogen-bond donors (Lipinski definition) is 1. The fourth-order valence-electron chi connectivity index (χ4n) is 1.16. The van der Waals surface area contributed by atoms with Crippen LogP contribution in [0.5, 0.6) is 11.5 Å². The van der Waals surface area contributed by atoms with Crippen LogP contribution in [0.4, 0.5) is 4.39 Å². The quantitative estimate of drug-likeness (QED) is 0.797. The summed E-state index contributed by atoms with van der Waals surface area (Å²) in [6, 6.07) is 2.51. The lowest BCUT2D eigenvalue weighted by atomic mass is 10.1. The predicted octanol–water partition coefficient (Wildman–Crippen LogP) is 1.94. The molecule has 0 radical (unpaired) electrons. The van der Waals surface area contributed by atoms with Crippen LogP contribution in [0, 0.1) is 5.82 Å². The van der Waals surface area contributed by atoms with E-state index in [2.05, 4.69) is 0 Å². The smallest absolute Gasteiger partial charge is 0.328 e. The third-order valence-electron chi connectivity index (χ3n) is 1.91. The fraction of sp³-hybridized carbons (Fsp3) is 0.182. The second kappa shape index (κ2) is 5.16. The number of halogens is 1. The first-order valence-electron chi connectivity index (χ1n) is 4.41. The van der Waals surface area contributed by atoms with Gasteiger partial charge in [0.25, 0.3) is 0 Å². The van der Waals surface area contributed by atoms with Crippen LogP contribution < -0.4 is 9.47 Å². The van der Waals surface area contributed by atoms with E-state index in [1.165, 1.54) is 20.3 Å². The Kier molecular flexibility index (Phi) is 3.88. The molecule has 0 saturated carbocycles. The Bertz CT molecular complexity index is 426. The van der Waals surface area contributed by atoms with Crippen molar-refractivity contribution < 1.29 is 23.8 Å². The number of benzene rings is 1. The van der Waals surface area contributed by atoms with Crippen LogP contribution in [0.25, 0.3) is 6.08 Å². The first-order chi connectivity index (χ1) is 7.58. The molecule has 86 valence electrons. The van der Waals surface area contributed by atoms with E-state index in [0.717, 1.165) is 18.2 Å². The molecule has 1 N–H and O–H groups in total. The van der Waals surface area contributed by atoms with E-state index in [1.807, 2.05) is 0 Å². The van der Waals surface area contributed by atoms with Gasteiger partial charge in [-0.15, -0.1) is 0 Å². The Balaban J connectivity index is 3.16. The summed E-state index contributed by atoms with van der Waals surface area (Å²) in [6.45, 7) is 0. The highest BCUT2D eigenvalue weighted by atomic mass is 19.1. The molecule has 0 heterocycles. The number of rotatable bonds is 4. The molecule has 1 aromatic carbocycles. The molecule has 4 nitrogen and oxygen atoms in total. The van der Waals surface area contributed by atoms with Crippen LogP contribution in [-0.2, 0) is 4.79 Å². The number of ether oxygens (including phenoxy) is 2. The Morgan fingerprint density at radius 3 is 2.38 bits per heavy atom. The maximum atomic E-state index is 13.4. The maximum Gasteiger partial charge on any atom is 0.328 e. The zero-order valence-corrected chi connectivity index (χ0v) is 8.86. The number of carbonyl (C=O) groups is 1. The number of carboxylic acids is 1. The standard InChI is InChI=1S/C11H11FO4/c1-15-9-5-7(3-4-11(13)14)8(12)6-10(9)16-2/h3-6H,1-2H3,(H,13,14). The van der Waals surface area contributed by atoms with Gasteiger partial charge in [0.05, 0.1) is 14.2 Å². The van der Waals surface area contributed by atoms with Gasteiger partial charge in [0.15, 0.2) is 11.5 Å². The highest BCUT2D eigenvalue weighted by Crippen LogP contribution is 2.30. The maximum absolute atomic E-state index is 13.4. The van der Waals surface area contributed by atoms with Crippen LogP contribution >= 0.6 is 0 Å². The van der Waals surface area contributed by atoms with Crippen LogP contribution in [0.3, 0.4) is 0 Å². The van der Waals surface area contributed by atoms with E-state index in [9.17, 15) is 9.18 Å². The normalized spacial score (nSPS) is 10.4. The van der Waals surface area contributed by atoms with Crippen molar-refractivity contribution in [3.63, 3.8) is 0 Å². The molecule has 0 unspecified atom stereocenters. The van der Waals surface area contributed by atoms with Crippen molar-refractivity contribution >= 4 is 12.0 Å². The molecule has 0 atom stereocenters. The second-order valence-electron chi connectivity index (χ2n) is 2.90. The lowest BCUT2D eigenvalue weighted by molar-refractivity contribution is -0.131. The molecule has 0 spiro atoms. The van der Waals surface area contributed by atoms with E-state index >= 15 is 0 Å². The van der Waals surface area contributed by atoms with E-state index < -0.39 is 11.8 Å². The van der Waals surface area contributed by atoms with Gasteiger partial charge >= 0.3 is 5.97 Å². The van der Waals surface area contributed by atoms with E-state index in [-0.39, 0.29) is 11.3 Å². The van der Waals surface area contributed by atoms with Crippen molar-refractivity contribution in [2.24, 2.45) is 0 Å². The molecule has 0 aliphatic heterocycles. The summed E-state index contributed by atoms with van der Waals surface area (Å²) < 4.78 is 23.3. The molecule has 1 rings (SSSR count). The molecule has 0 bridgehead atoms. The summed E-state index contributed by atoms with van der Waals surface area (Å²) in [5.41, 5.74) is 0.125. The van der Waals surface area contributed by atoms with Gasteiger partial charge in [-0.05, 0) is 12.1 Å². The van der Waals surface area contributed by atoms with Gasteiger partial charge in [0, 0.05) is 17.7 Å². The van der Waals surface area contributed by atoms with Crippen molar-refractivity contribution in [1.29, 1.82) is 0 Å². The SMILES string of the molecule is COc1cc(F)c(C=CC(=O)O)cc1OC. The van der Waals surface area contributed by atoms with Crippen LogP contribution in [-0.4, -0.2) is 25.3 Å². The number of carboxylic acid groups (broad SMARTS) is 1. The van der Waals surface area contributed by atoms with Gasteiger partial charge in [-0.25, -0.2) is 9.18 Å². The molecule has 0 aliphatic carbocycles. The summed E-state index contributed by atoms with van der Waals surface area (Å²) in [6.07, 6.45) is 2.00. The summed E-state index contributed by atoms with van der Waals surface area (Å²) in [4.78, 5) is 10.3. The zero-order valence-electron chi connectivity index (χ0n) is 8.86. The van der Waals surface area contributed by atoms with Gasteiger partial charge in [-0.1, -0.05) is 0 Å². The van der Waals surface area contributed by atoms with Crippen LogP contribution in [0.15, 0.2) is 18.2 Å². The number of hydrogen-bond acceptors (Lipinski definition) is 3. The Morgan fingerprint density at radius 2 is 1.88 bits per heavy atom. The molecule has 0 saturated heterocycles. The van der Waals surface area contributed by atoms with Crippen molar-refractivity contribution in [2.75, 3.05) is 14.2 Å². The summed E-state index contributed by atoms with van der Waals surface area (Å²) in [5.74, 6) is -1.12. The minimum atomic E-state index is -1.14. The van der Waals surface area contributed by atoms with Gasteiger partial charge < -0.3 is 14.6 Å². The molecule has 0 aromatic heterocycles. The average molecular weight is 226 g/mol. The summed E-state index contributed by atoms with van der Waals surface area (Å²) in [7, 11) is 2.81.